The van der Waals surface area contributed by atoms with Gasteiger partial charge in [0.15, 0.2) is 0 Å². The predicted octanol–water partition coefficient (Wildman–Crippen LogP) is 2.43. The summed E-state index contributed by atoms with van der Waals surface area (Å²) in [7, 11) is 1.43. The Kier molecular flexibility index (Phi) is 3.99. The molecule has 5 heteroatoms. The average molecular weight is 228 g/mol. The lowest BCUT2D eigenvalue weighted by Crippen LogP contribution is -2.06. The van der Waals surface area contributed by atoms with Crippen LogP contribution in [0.3, 0.4) is 0 Å². The largest absolute Gasteiger partial charge is 0.507 e. The Hall–Kier alpha value is -1.91. The number of aliphatic hydroxyl groups is 1. The van der Waals surface area contributed by atoms with Gasteiger partial charge < -0.3 is 9.84 Å². The number of halogens is 2. The minimum atomic E-state index is -3.12. The van der Waals surface area contributed by atoms with Crippen LogP contribution in [0.5, 0.6) is 5.75 Å². The van der Waals surface area contributed by atoms with E-state index in [9.17, 15) is 18.7 Å². The highest BCUT2D eigenvalue weighted by Crippen LogP contribution is 2.18. The second-order valence-electron chi connectivity index (χ2n) is 2.96. The number of ether oxygens (including phenoxy) is 1. The molecule has 0 aromatic heterocycles. The van der Waals surface area contributed by atoms with Crippen LogP contribution in [0.1, 0.15) is 5.56 Å². The van der Waals surface area contributed by atoms with Crippen LogP contribution in [-0.4, -0.2) is 24.4 Å². The van der Waals surface area contributed by atoms with Crippen LogP contribution in [0.15, 0.2) is 30.3 Å². The summed E-state index contributed by atoms with van der Waals surface area (Å²) in [4.78, 5) is 10.7. The molecule has 0 radical (unpaired) electrons. The van der Waals surface area contributed by atoms with E-state index in [2.05, 4.69) is 0 Å². The second kappa shape index (κ2) is 5.25. The molecule has 0 bridgehead atoms. The number of hydrogen-bond acceptors (Lipinski definition) is 3. The molecule has 3 nitrogen and oxygen atoms in total. The van der Waals surface area contributed by atoms with Crippen molar-refractivity contribution in [3.63, 3.8) is 0 Å². The van der Waals surface area contributed by atoms with Gasteiger partial charge in [0.05, 0.1) is 7.11 Å². The van der Waals surface area contributed by atoms with E-state index in [-0.39, 0.29) is 5.56 Å². The fourth-order valence-corrected chi connectivity index (χ4v) is 1.06. The van der Waals surface area contributed by atoms with Gasteiger partial charge in [-0.25, -0.2) is 8.78 Å². The molecule has 86 valence electrons. The lowest BCUT2D eigenvalue weighted by atomic mass is 10.1. The van der Waals surface area contributed by atoms with E-state index in [4.69, 9.17) is 4.74 Å². The molecule has 0 aliphatic heterocycles. The first-order valence-corrected chi connectivity index (χ1v) is 4.41. The zero-order chi connectivity index (χ0) is 12.1. The van der Waals surface area contributed by atoms with E-state index >= 15 is 0 Å². The molecule has 0 unspecified atom stereocenters. The molecule has 1 aromatic rings. The molecule has 0 aliphatic rings. The molecule has 0 heterocycles. The number of ketones is 1. The van der Waals surface area contributed by atoms with Crippen molar-refractivity contribution in [2.75, 3.05) is 7.11 Å². The Morgan fingerprint density at radius 1 is 1.50 bits per heavy atom. The van der Waals surface area contributed by atoms with Gasteiger partial charge in [0, 0.05) is 11.6 Å². The Balaban J connectivity index is 2.95. The minimum Gasteiger partial charge on any atom is -0.507 e. The van der Waals surface area contributed by atoms with E-state index < -0.39 is 18.0 Å². The summed E-state index contributed by atoms with van der Waals surface area (Å²) in [6.07, 6.45) is -2.62. The van der Waals surface area contributed by atoms with Gasteiger partial charge >= 0.3 is 0 Å². The van der Waals surface area contributed by atoms with Crippen molar-refractivity contribution in [3.05, 3.63) is 35.9 Å². The highest BCUT2D eigenvalue weighted by molar-refractivity contribution is 5.97. The summed E-state index contributed by atoms with van der Waals surface area (Å²) in [6.45, 7) is 0. The molecular formula is C11H10F2O3. The number of carbonyl (C=O) groups is 1. The van der Waals surface area contributed by atoms with E-state index in [1.807, 2.05) is 0 Å². The van der Waals surface area contributed by atoms with Crippen molar-refractivity contribution >= 4 is 11.5 Å². The first-order chi connectivity index (χ1) is 7.54. The van der Waals surface area contributed by atoms with E-state index in [0.717, 1.165) is 0 Å². The lowest BCUT2D eigenvalue weighted by Gasteiger charge is -2.03. The summed E-state index contributed by atoms with van der Waals surface area (Å²) in [5.41, 5.74) is 0.244. The van der Waals surface area contributed by atoms with Crippen molar-refractivity contribution in [2.24, 2.45) is 0 Å². The molecule has 0 aliphatic carbocycles. The molecule has 0 amide bonds. The van der Waals surface area contributed by atoms with Gasteiger partial charge in [-0.15, -0.1) is 0 Å². The number of methoxy groups -OCH3 is 1. The zero-order valence-corrected chi connectivity index (χ0v) is 8.48. The standard InChI is InChI=1S/C11H10F2O3/c1-16-8-4-2-3-7(5-8)9(14)6-10(15)11(12)13/h2-6,11,14H,1H3. The highest BCUT2D eigenvalue weighted by atomic mass is 19.3. The molecule has 0 saturated carbocycles. The molecule has 0 fully saturated rings. The predicted molar refractivity (Wildman–Crippen MR) is 54.6 cm³/mol. The molecule has 1 N–H and O–H groups in total. The van der Waals surface area contributed by atoms with Crippen LogP contribution in [0, 0.1) is 0 Å². The molecular weight excluding hydrogens is 218 g/mol. The number of alkyl halides is 2. The third-order valence-electron chi connectivity index (χ3n) is 1.86. The molecule has 16 heavy (non-hydrogen) atoms. The van der Waals surface area contributed by atoms with Crippen molar-refractivity contribution < 1.29 is 23.4 Å². The lowest BCUT2D eigenvalue weighted by molar-refractivity contribution is -0.124. The maximum atomic E-state index is 11.9. The van der Waals surface area contributed by atoms with E-state index in [1.54, 1.807) is 12.1 Å². The Bertz CT molecular complexity index is 413. The number of rotatable bonds is 4. The van der Waals surface area contributed by atoms with E-state index in [0.29, 0.717) is 11.8 Å². The fraction of sp³-hybridized carbons (Fsp3) is 0.182. The van der Waals surface area contributed by atoms with Crippen LogP contribution in [0.4, 0.5) is 8.78 Å². The van der Waals surface area contributed by atoms with Gasteiger partial charge in [-0.05, 0) is 12.1 Å². The van der Waals surface area contributed by atoms with Gasteiger partial charge in [0.25, 0.3) is 6.43 Å². The Labute approximate surface area is 91.0 Å². The quantitative estimate of drug-likeness (QED) is 0.636. The zero-order valence-electron chi connectivity index (χ0n) is 8.48. The highest BCUT2D eigenvalue weighted by Gasteiger charge is 2.14. The van der Waals surface area contributed by atoms with Crippen LogP contribution in [-0.2, 0) is 4.79 Å². The van der Waals surface area contributed by atoms with Crippen LogP contribution in [0.25, 0.3) is 5.76 Å². The Morgan fingerprint density at radius 3 is 2.75 bits per heavy atom. The number of carbonyl (C=O) groups excluding carboxylic acids is 1. The maximum absolute atomic E-state index is 11.9. The van der Waals surface area contributed by atoms with Crippen molar-refractivity contribution in [1.82, 2.24) is 0 Å². The molecule has 0 spiro atoms. The summed E-state index contributed by atoms with van der Waals surface area (Å²) in [5, 5.41) is 9.41. The first kappa shape index (κ1) is 12.2. The summed E-state index contributed by atoms with van der Waals surface area (Å²) < 4.78 is 28.7. The Morgan fingerprint density at radius 2 is 2.19 bits per heavy atom. The number of aliphatic hydroxyl groups excluding tert-OH is 1. The van der Waals surface area contributed by atoms with Crippen molar-refractivity contribution in [1.29, 1.82) is 0 Å². The van der Waals surface area contributed by atoms with Gasteiger partial charge in [-0.2, -0.15) is 0 Å². The van der Waals surface area contributed by atoms with Gasteiger partial charge in [-0.3, -0.25) is 4.79 Å². The van der Waals surface area contributed by atoms with Crippen LogP contribution in [0.2, 0.25) is 0 Å². The third kappa shape index (κ3) is 3.05. The van der Waals surface area contributed by atoms with Crippen LogP contribution >= 0.6 is 0 Å². The minimum absolute atomic E-state index is 0.244. The smallest absolute Gasteiger partial charge is 0.300 e. The van der Waals surface area contributed by atoms with Crippen molar-refractivity contribution in [2.45, 2.75) is 6.43 Å². The number of hydrogen-bond donors (Lipinski definition) is 1. The van der Waals surface area contributed by atoms with E-state index in [1.165, 1.54) is 19.2 Å². The topological polar surface area (TPSA) is 46.5 Å². The summed E-state index contributed by atoms with van der Waals surface area (Å²) >= 11 is 0. The average Bonchev–Trinajstić information content (AvgIpc) is 2.28. The number of allylic oxidation sites excluding steroid dienone is 1. The first-order valence-electron chi connectivity index (χ1n) is 4.41. The fourth-order valence-electron chi connectivity index (χ4n) is 1.06. The maximum Gasteiger partial charge on any atom is 0.300 e. The third-order valence-corrected chi connectivity index (χ3v) is 1.86. The molecule has 0 saturated heterocycles. The van der Waals surface area contributed by atoms with Crippen LogP contribution < -0.4 is 4.74 Å². The normalized spacial score (nSPS) is 11.6. The summed E-state index contributed by atoms with van der Waals surface area (Å²) in [6, 6.07) is 6.12. The van der Waals surface area contributed by atoms with Crippen molar-refractivity contribution in [3.8, 4) is 5.75 Å². The number of benzene rings is 1. The molecule has 1 aromatic carbocycles. The molecule has 1 rings (SSSR count). The monoisotopic (exact) mass is 228 g/mol. The SMILES string of the molecule is COc1cccc(C(O)=CC(=O)C(F)F)c1. The molecule has 0 atom stereocenters. The van der Waals surface area contributed by atoms with Gasteiger partial charge in [-0.1, -0.05) is 12.1 Å². The van der Waals surface area contributed by atoms with Gasteiger partial charge in [0.1, 0.15) is 11.5 Å². The summed E-state index contributed by atoms with van der Waals surface area (Å²) in [5.74, 6) is -1.48. The second-order valence-corrected chi connectivity index (χ2v) is 2.96. The van der Waals surface area contributed by atoms with Gasteiger partial charge in [0.2, 0.25) is 5.78 Å².